The van der Waals surface area contributed by atoms with Crippen LogP contribution in [0.1, 0.15) is 23.6 Å². The summed E-state index contributed by atoms with van der Waals surface area (Å²) in [7, 11) is 1.65. The lowest BCUT2D eigenvalue weighted by atomic mass is 10.1. The summed E-state index contributed by atoms with van der Waals surface area (Å²) in [5.41, 5.74) is 2.44. The molecule has 2 aromatic carbocycles. The first kappa shape index (κ1) is 15.1. The van der Waals surface area contributed by atoms with Crippen LogP contribution < -0.4 is 4.74 Å². The summed E-state index contributed by atoms with van der Waals surface area (Å²) in [6, 6.07) is 18.7. The van der Waals surface area contributed by atoms with Crippen molar-refractivity contribution in [2.24, 2.45) is 5.92 Å². The first-order valence-electron chi connectivity index (χ1n) is 8.39. The molecule has 4 heteroatoms. The zero-order valence-electron chi connectivity index (χ0n) is 13.7. The van der Waals surface area contributed by atoms with Crippen LogP contribution in [0.25, 0.3) is 0 Å². The first-order chi connectivity index (χ1) is 11.8. The number of methoxy groups -OCH3 is 1. The Morgan fingerprint density at radius 3 is 2.58 bits per heavy atom. The van der Waals surface area contributed by atoms with Gasteiger partial charge in [0.15, 0.2) is 0 Å². The van der Waals surface area contributed by atoms with Crippen LogP contribution in [0.5, 0.6) is 5.75 Å². The highest BCUT2D eigenvalue weighted by atomic mass is 16.6. The van der Waals surface area contributed by atoms with Crippen molar-refractivity contribution in [2.45, 2.75) is 24.9 Å². The van der Waals surface area contributed by atoms with Crippen LogP contribution in [-0.4, -0.2) is 30.8 Å². The van der Waals surface area contributed by atoms with Crippen LogP contribution >= 0.6 is 0 Å². The number of amides is 1. The number of carbonyl (C=O) groups is 1. The molecule has 0 radical (unpaired) electrons. The minimum atomic E-state index is -0.184. The summed E-state index contributed by atoms with van der Waals surface area (Å²) >= 11 is 0. The van der Waals surface area contributed by atoms with E-state index in [4.69, 9.17) is 9.47 Å². The summed E-state index contributed by atoms with van der Waals surface area (Å²) in [6.45, 7) is 0.430. The second-order valence-corrected chi connectivity index (χ2v) is 6.53. The molecular weight excluding hydrogens is 302 g/mol. The van der Waals surface area contributed by atoms with E-state index in [2.05, 4.69) is 24.3 Å². The van der Waals surface area contributed by atoms with Crippen molar-refractivity contribution >= 4 is 6.09 Å². The molecule has 3 atom stereocenters. The van der Waals surface area contributed by atoms with Gasteiger partial charge in [-0.2, -0.15) is 0 Å². The maximum Gasteiger partial charge on any atom is 0.410 e. The van der Waals surface area contributed by atoms with Crippen molar-refractivity contribution in [2.75, 3.05) is 13.7 Å². The molecule has 0 aromatic heterocycles. The third-order valence-corrected chi connectivity index (χ3v) is 5.00. The number of ether oxygens (including phenoxy) is 2. The Hall–Kier alpha value is -2.49. The molecule has 2 fully saturated rings. The number of rotatable bonds is 5. The number of nitrogens with zero attached hydrogens (tertiary/aromatic N) is 1. The van der Waals surface area contributed by atoms with Gasteiger partial charge in [-0.3, -0.25) is 4.90 Å². The third kappa shape index (κ3) is 2.84. The molecule has 1 saturated carbocycles. The van der Waals surface area contributed by atoms with Gasteiger partial charge in [-0.15, -0.1) is 0 Å². The Kier molecular flexibility index (Phi) is 3.89. The van der Waals surface area contributed by atoms with Crippen molar-refractivity contribution < 1.29 is 14.3 Å². The second-order valence-electron chi connectivity index (χ2n) is 6.53. The van der Waals surface area contributed by atoms with E-state index in [9.17, 15) is 4.79 Å². The van der Waals surface area contributed by atoms with Crippen LogP contribution in [0.3, 0.4) is 0 Å². The topological polar surface area (TPSA) is 38.8 Å². The van der Waals surface area contributed by atoms with E-state index < -0.39 is 0 Å². The predicted octanol–water partition coefficient (Wildman–Crippen LogP) is 3.82. The highest BCUT2D eigenvalue weighted by molar-refractivity contribution is 5.71. The molecule has 0 bridgehead atoms. The number of carbonyl (C=O) groups excluding carboxylic acids is 1. The molecule has 24 heavy (non-hydrogen) atoms. The standard InChI is InChI=1S/C20H21NO3/c1-23-17-9-7-15(8-10-17)19-13-24-20(22)21(19)18-12-16(18)11-14-5-3-2-4-6-14/h2-10,16,18-19H,11-13H2,1H3/t16-,18-,19+/m1/s1. The molecule has 0 unspecified atom stereocenters. The zero-order chi connectivity index (χ0) is 16.5. The van der Waals surface area contributed by atoms with Crippen molar-refractivity contribution in [3.8, 4) is 5.75 Å². The van der Waals surface area contributed by atoms with Crippen molar-refractivity contribution in [1.29, 1.82) is 0 Å². The van der Waals surface area contributed by atoms with Gasteiger partial charge >= 0.3 is 6.09 Å². The van der Waals surface area contributed by atoms with Gasteiger partial charge in [0.25, 0.3) is 0 Å². The third-order valence-electron chi connectivity index (χ3n) is 5.00. The Morgan fingerprint density at radius 1 is 1.12 bits per heavy atom. The summed E-state index contributed by atoms with van der Waals surface area (Å²) < 4.78 is 10.6. The van der Waals surface area contributed by atoms with E-state index in [1.165, 1.54) is 5.56 Å². The summed E-state index contributed by atoms with van der Waals surface area (Å²) in [4.78, 5) is 14.2. The molecule has 2 aromatic rings. The van der Waals surface area contributed by atoms with Crippen LogP contribution in [0.4, 0.5) is 4.79 Å². The average molecular weight is 323 g/mol. The molecule has 4 nitrogen and oxygen atoms in total. The van der Waals surface area contributed by atoms with Gasteiger partial charge < -0.3 is 9.47 Å². The van der Waals surface area contributed by atoms with Crippen molar-refractivity contribution in [3.63, 3.8) is 0 Å². The van der Waals surface area contributed by atoms with Crippen LogP contribution in [-0.2, 0) is 11.2 Å². The van der Waals surface area contributed by atoms with E-state index in [0.29, 0.717) is 12.5 Å². The quantitative estimate of drug-likeness (QED) is 0.839. The summed E-state index contributed by atoms with van der Waals surface area (Å²) in [5, 5.41) is 0. The minimum absolute atomic E-state index is 0.00850. The fraction of sp³-hybridized carbons (Fsp3) is 0.350. The lowest BCUT2D eigenvalue weighted by Crippen LogP contribution is -2.31. The van der Waals surface area contributed by atoms with Crippen molar-refractivity contribution in [1.82, 2.24) is 4.90 Å². The molecule has 4 rings (SSSR count). The molecule has 124 valence electrons. The second kappa shape index (κ2) is 6.19. The minimum Gasteiger partial charge on any atom is -0.497 e. The lowest BCUT2D eigenvalue weighted by molar-refractivity contribution is 0.154. The van der Waals surface area contributed by atoms with Crippen molar-refractivity contribution in [3.05, 3.63) is 65.7 Å². The summed E-state index contributed by atoms with van der Waals surface area (Å²) in [5.74, 6) is 1.35. The van der Waals surface area contributed by atoms with Gasteiger partial charge in [-0.1, -0.05) is 42.5 Å². The molecule has 1 aliphatic carbocycles. The summed E-state index contributed by atoms with van der Waals surface area (Å²) in [6.07, 6.45) is 1.89. The number of benzene rings is 2. The number of cyclic esters (lactones) is 1. The van der Waals surface area contributed by atoms with E-state index in [1.807, 2.05) is 35.2 Å². The maximum atomic E-state index is 12.2. The van der Waals surface area contributed by atoms with E-state index in [0.717, 1.165) is 24.2 Å². The van der Waals surface area contributed by atoms with Crippen LogP contribution in [0.15, 0.2) is 54.6 Å². The smallest absolute Gasteiger partial charge is 0.410 e. The number of hydrogen-bond acceptors (Lipinski definition) is 3. The molecule has 0 spiro atoms. The van der Waals surface area contributed by atoms with Gasteiger partial charge in [0.1, 0.15) is 12.4 Å². The van der Waals surface area contributed by atoms with Gasteiger partial charge in [0.2, 0.25) is 0 Å². The van der Waals surface area contributed by atoms with Gasteiger partial charge in [-0.25, -0.2) is 4.79 Å². The lowest BCUT2D eigenvalue weighted by Gasteiger charge is -2.22. The predicted molar refractivity (Wildman–Crippen MR) is 91.0 cm³/mol. The SMILES string of the molecule is COc1ccc([C@@H]2COC(=O)N2[C@@H]2C[C@H]2Cc2ccccc2)cc1. The van der Waals surface area contributed by atoms with E-state index >= 15 is 0 Å². The Morgan fingerprint density at radius 2 is 1.88 bits per heavy atom. The van der Waals surface area contributed by atoms with E-state index in [-0.39, 0.29) is 18.2 Å². The normalized spacial score (nSPS) is 25.5. The first-order valence-corrected chi connectivity index (χ1v) is 8.39. The molecule has 0 N–H and O–H groups in total. The largest absolute Gasteiger partial charge is 0.497 e. The molecule has 2 aliphatic rings. The molecular formula is C20H21NO3. The average Bonchev–Trinajstić information content (AvgIpc) is 3.26. The van der Waals surface area contributed by atoms with E-state index in [1.54, 1.807) is 7.11 Å². The molecule has 1 saturated heterocycles. The Labute approximate surface area is 142 Å². The Bertz CT molecular complexity index is 713. The van der Waals surface area contributed by atoms with Crippen LogP contribution in [0.2, 0.25) is 0 Å². The molecule has 1 amide bonds. The highest BCUT2D eigenvalue weighted by Crippen LogP contribution is 2.44. The molecule has 1 aliphatic heterocycles. The maximum absolute atomic E-state index is 12.2. The van der Waals surface area contributed by atoms with Gasteiger partial charge in [0, 0.05) is 6.04 Å². The van der Waals surface area contributed by atoms with Gasteiger partial charge in [0.05, 0.1) is 13.2 Å². The van der Waals surface area contributed by atoms with Crippen LogP contribution in [0, 0.1) is 5.92 Å². The highest BCUT2D eigenvalue weighted by Gasteiger charge is 2.50. The fourth-order valence-corrected chi connectivity index (χ4v) is 3.59. The van der Waals surface area contributed by atoms with Gasteiger partial charge in [-0.05, 0) is 42.0 Å². The molecule has 1 heterocycles. The fourth-order valence-electron chi connectivity index (χ4n) is 3.59. The monoisotopic (exact) mass is 323 g/mol. The zero-order valence-corrected chi connectivity index (χ0v) is 13.7. The number of hydrogen-bond donors (Lipinski definition) is 0. The Balaban J connectivity index is 1.47.